The highest BCUT2D eigenvalue weighted by atomic mass is 16.5. The number of carbonyl (C=O) groups excluding carboxylic acids is 2. The highest BCUT2D eigenvalue weighted by molar-refractivity contribution is 5.92. The van der Waals surface area contributed by atoms with E-state index in [-0.39, 0.29) is 23.8 Å². The molecule has 3 heterocycles. The number of amides is 2. The molecule has 0 bridgehead atoms. The minimum atomic E-state index is -0.187. The molecule has 2 amide bonds. The maximum absolute atomic E-state index is 12.9. The molecule has 2 aliphatic heterocycles. The van der Waals surface area contributed by atoms with Gasteiger partial charge in [0, 0.05) is 38.3 Å². The van der Waals surface area contributed by atoms with Crippen LogP contribution in [-0.4, -0.2) is 52.7 Å². The number of nitrogens with one attached hydrogen (secondary N) is 1. The Balaban J connectivity index is 1.52. The minimum absolute atomic E-state index is 0.00656. The predicted molar refractivity (Wildman–Crippen MR) is 113 cm³/mol. The van der Waals surface area contributed by atoms with Gasteiger partial charge in [0.2, 0.25) is 0 Å². The van der Waals surface area contributed by atoms with E-state index >= 15 is 0 Å². The first kappa shape index (κ1) is 20.2. The number of nitrogens with zero attached hydrogens (tertiary/aromatic N) is 3. The second-order valence-electron chi connectivity index (χ2n) is 8.26. The van der Waals surface area contributed by atoms with Crippen LogP contribution in [0.1, 0.15) is 35.3 Å². The minimum Gasteiger partial charge on any atom is -0.483 e. The lowest BCUT2D eigenvalue weighted by Crippen LogP contribution is -2.51. The summed E-state index contributed by atoms with van der Waals surface area (Å²) in [5.41, 5.74) is 1.34. The Morgan fingerprint density at radius 3 is 2.93 bits per heavy atom. The topological polar surface area (TPSA) is 76.5 Å². The average Bonchev–Trinajstić information content (AvgIpc) is 3.20. The maximum atomic E-state index is 12.9. The fraction of sp³-hybridized carbons (Fsp3) is 0.435. The molecule has 0 saturated carbocycles. The number of aryl methyl sites for hydroxylation is 1. The molecule has 7 nitrogen and oxygen atoms in total. The SMILES string of the molecule is Cn1ccc(C(=O)N2CCC[C@@]3(C/C=C/Cc4ccccc4OCC(=O)NC3)C2)n1. The Bertz CT molecular complexity index is 951. The summed E-state index contributed by atoms with van der Waals surface area (Å²) in [5, 5.41) is 7.30. The van der Waals surface area contributed by atoms with Crippen LogP contribution >= 0.6 is 0 Å². The third-order valence-corrected chi connectivity index (χ3v) is 5.93. The fourth-order valence-corrected chi connectivity index (χ4v) is 4.29. The third kappa shape index (κ3) is 4.56. The van der Waals surface area contributed by atoms with Crippen LogP contribution in [0.5, 0.6) is 5.75 Å². The van der Waals surface area contributed by atoms with Crippen LogP contribution in [0.3, 0.4) is 0 Å². The molecular weight excluding hydrogens is 380 g/mol. The van der Waals surface area contributed by atoms with Crippen molar-refractivity contribution in [2.75, 3.05) is 26.2 Å². The van der Waals surface area contributed by atoms with E-state index in [2.05, 4.69) is 22.6 Å². The molecule has 7 heteroatoms. The Kier molecular flexibility index (Phi) is 5.88. The molecule has 1 aromatic heterocycles. The first-order valence-corrected chi connectivity index (χ1v) is 10.5. The second-order valence-corrected chi connectivity index (χ2v) is 8.26. The van der Waals surface area contributed by atoms with E-state index in [1.54, 1.807) is 16.9 Å². The number of aromatic nitrogens is 2. The van der Waals surface area contributed by atoms with Gasteiger partial charge >= 0.3 is 0 Å². The lowest BCUT2D eigenvalue weighted by atomic mass is 9.76. The Morgan fingerprint density at radius 1 is 1.23 bits per heavy atom. The zero-order valence-electron chi connectivity index (χ0n) is 17.3. The number of para-hydroxylation sites is 1. The molecular formula is C23H28N4O3. The summed E-state index contributed by atoms with van der Waals surface area (Å²) in [6, 6.07) is 9.56. The molecule has 1 spiro atoms. The van der Waals surface area contributed by atoms with Gasteiger partial charge in [0.25, 0.3) is 11.8 Å². The van der Waals surface area contributed by atoms with E-state index in [1.807, 2.05) is 36.2 Å². The highest BCUT2D eigenvalue weighted by Crippen LogP contribution is 2.34. The van der Waals surface area contributed by atoms with Gasteiger partial charge in [-0.2, -0.15) is 5.10 Å². The van der Waals surface area contributed by atoms with E-state index in [0.29, 0.717) is 25.3 Å². The molecule has 0 aliphatic carbocycles. The number of benzene rings is 1. The molecule has 2 aromatic rings. The number of hydrogen-bond donors (Lipinski definition) is 1. The number of ether oxygens (including phenoxy) is 1. The van der Waals surface area contributed by atoms with Gasteiger partial charge in [-0.25, -0.2) is 0 Å². The summed E-state index contributed by atoms with van der Waals surface area (Å²) in [4.78, 5) is 27.2. The maximum Gasteiger partial charge on any atom is 0.274 e. The molecule has 0 unspecified atom stereocenters. The number of carbonyl (C=O) groups is 2. The molecule has 1 aromatic carbocycles. The molecule has 158 valence electrons. The van der Waals surface area contributed by atoms with Crippen molar-refractivity contribution in [3.8, 4) is 5.75 Å². The van der Waals surface area contributed by atoms with Gasteiger partial charge in [-0.3, -0.25) is 14.3 Å². The number of rotatable bonds is 1. The highest BCUT2D eigenvalue weighted by Gasteiger charge is 2.37. The molecule has 4 rings (SSSR count). The van der Waals surface area contributed by atoms with Crippen molar-refractivity contribution in [3.05, 3.63) is 59.9 Å². The van der Waals surface area contributed by atoms with E-state index in [1.165, 1.54) is 0 Å². The van der Waals surface area contributed by atoms with Crippen LogP contribution < -0.4 is 10.1 Å². The first-order valence-electron chi connectivity index (χ1n) is 10.5. The average molecular weight is 409 g/mol. The molecule has 1 N–H and O–H groups in total. The van der Waals surface area contributed by atoms with E-state index in [0.717, 1.165) is 37.0 Å². The second kappa shape index (κ2) is 8.73. The van der Waals surface area contributed by atoms with Crippen molar-refractivity contribution >= 4 is 11.8 Å². The fourth-order valence-electron chi connectivity index (χ4n) is 4.29. The number of fused-ring (bicyclic) bond motifs is 1. The molecule has 1 saturated heterocycles. The van der Waals surface area contributed by atoms with Crippen LogP contribution in [-0.2, 0) is 18.3 Å². The normalized spacial score (nSPS) is 23.5. The van der Waals surface area contributed by atoms with Gasteiger partial charge in [0.05, 0.1) is 0 Å². The number of allylic oxidation sites excluding steroid dienone is 2. The largest absolute Gasteiger partial charge is 0.483 e. The van der Waals surface area contributed by atoms with E-state index < -0.39 is 0 Å². The molecule has 1 fully saturated rings. The number of hydrogen-bond acceptors (Lipinski definition) is 4. The first-order chi connectivity index (χ1) is 14.5. The van der Waals surface area contributed by atoms with Crippen LogP contribution in [0.2, 0.25) is 0 Å². The van der Waals surface area contributed by atoms with Crippen molar-refractivity contribution in [2.24, 2.45) is 12.5 Å². The summed E-state index contributed by atoms with van der Waals surface area (Å²) in [7, 11) is 1.81. The summed E-state index contributed by atoms with van der Waals surface area (Å²) in [6.07, 6.45) is 9.55. The zero-order chi connectivity index (χ0) is 21.0. The number of piperidine rings is 1. The lowest BCUT2D eigenvalue weighted by Gasteiger charge is -2.42. The zero-order valence-corrected chi connectivity index (χ0v) is 17.3. The molecule has 30 heavy (non-hydrogen) atoms. The van der Waals surface area contributed by atoms with E-state index in [9.17, 15) is 9.59 Å². The van der Waals surface area contributed by atoms with Crippen molar-refractivity contribution < 1.29 is 14.3 Å². The standard InChI is InChI=1S/C23H28N4O3/c1-26-14-10-19(25-26)22(29)27-13-6-12-23(17-27)11-5-4-8-18-7-2-3-9-20(18)30-15-21(28)24-16-23/h2-5,7,9-10,14H,6,8,11-13,15-17H2,1H3,(H,24,28)/b5-4+/t23-/m1/s1. The van der Waals surface area contributed by atoms with Crippen LogP contribution in [0, 0.1) is 5.41 Å². The summed E-state index contributed by atoms with van der Waals surface area (Å²) in [5.74, 6) is 0.563. The van der Waals surface area contributed by atoms with Gasteiger partial charge < -0.3 is 15.0 Å². The van der Waals surface area contributed by atoms with Crippen LogP contribution in [0.15, 0.2) is 48.7 Å². The van der Waals surface area contributed by atoms with Crippen molar-refractivity contribution in [1.82, 2.24) is 20.0 Å². The lowest BCUT2D eigenvalue weighted by molar-refractivity contribution is -0.123. The molecule has 1 atom stereocenters. The van der Waals surface area contributed by atoms with E-state index in [4.69, 9.17) is 4.74 Å². The van der Waals surface area contributed by atoms with Gasteiger partial charge in [0.15, 0.2) is 6.61 Å². The summed E-state index contributed by atoms with van der Waals surface area (Å²) >= 11 is 0. The molecule has 0 radical (unpaired) electrons. The Labute approximate surface area is 176 Å². The molecule has 2 aliphatic rings. The van der Waals surface area contributed by atoms with Gasteiger partial charge in [0.1, 0.15) is 11.4 Å². The Hall–Kier alpha value is -3.09. The summed E-state index contributed by atoms with van der Waals surface area (Å²) in [6.45, 7) is 1.83. The third-order valence-electron chi connectivity index (χ3n) is 5.93. The van der Waals surface area contributed by atoms with Crippen molar-refractivity contribution in [3.63, 3.8) is 0 Å². The monoisotopic (exact) mass is 408 g/mol. The summed E-state index contributed by atoms with van der Waals surface area (Å²) < 4.78 is 7.39. The van der Waals surface area contributed by atoms with Crippen molar-refractivity contribution in [2.45, 2.75) is 25.7 Å². The van der Waals surface area contributed by atoms with Crippen molar-refractivity contribution in [1.29, 1.82) is 0 Å². The smallest absolute Gasteiger partial charge is 0.274 e. The predicted octanol–water partition coefficient (Wildman–Crippen LogP) is 2.34. The van der Waals surface area contributed by atoms with Gasteiger partial charge in [-0.15, -0.1) is 0 Å². The number of likely N-dealkylation sites (tertiary alicyclic amines) is 1. The quantitative estimate of drug-likeness (QED) is 0.735. The van der Waals surface area contributed by atoms with Crippen LogP contribution in [0.25, 0.3) is 0 Å². The van der Waals surface area contributed by atoms with Crippen LogP contribution in [0.4, 0.5) is 0 Å². The van der Waals surface area contributed by atoms with Gasteiger partial charge in [-0.1, -0.05) is 30.4 Å². The van der Waals surface area contributed by atoms with Gasteiger partial charge in [-0.05, 0) is 43.4 Å². The Morgan fingerprint density at radius 2 is 2.10 bits per heavy atom.